The maximum absolute atomic E-state index is 10.8. The maximum Gasteiger partial charge on any atom is 0.269 e. The van der Waals surface area contributed by atoms with Crippen LogP contribution in [0.5, 0.6) is 5.75 Å². The summed E-state index contributed by atoms with van der Waals surface area (Å²) in [4.78, 5) is 10.4. The number of fused-ring (bicyclic) bond motifs is 3. The lowest BCUT2D eigenvalue weighted by molar-refractivity contribution is -0.384. The van der Waals surface area contributed by atoms with Crippen LogP contribution in [0.2, 0.25) is 0 Å². The fourth-order valence-corrected chi connectivity index (χ4v) is 4.93. The van der Waals surface area contributed by atoms with Gasteiger partial charge in [0.1, 0.15) is 12.4 Å². The summed E-state index contributed by atoms with van der Waals surface area (Å²) in [5.41, 5.74) is 4.77. The second kappa shape index (κ2) is 8.19. The highest BCUT2D eigenvalue weighted by Crippen LogP contribution is 2.50. The third-order valence-corrected chi connectivity index (χ3v) is 6.61. The van der Waals surface area contributed by atoms with E-state index in [1.807, 2.05) is 12.1 Å². The lowest BCUT2D eigenvalue weighted by atomic mass is 9.77. The smallest absolute Gasteiger partial charge is 0.269 e. The molecule has 0 unspecified atom stereocenters. The Morgan fingerprint density at radius 1 is 1.06 bits per heavy atom. The third kappa shape index (κ3) is 3.95. The predicted octanol–water partition coefficient (Wildman–Crippen LogP) is 6.76. The van der Waals surface area contributed by atoms with Crippen LogP contribution in [0.4, 0.5) is 11.4 Å². The normalized spacial score (nSPS) is 21.1. The SMILES string of the molecule is O=[N+]([O-])c1ccc(COc2ccc([C@@H]3Nc4ccc(Br)cc4[C@@H]4C=CC[C@@H]43)cc2)cc1. The van der Waals surface area contributed by atoms with E-state index in [1.165, 1.54) is 28.9 Å². The Labute approximate surface area is 189 Å². The van der Waals surface area contributed by atoms with Gasteiger partial charge in [0, 0.05) is 28.2 Å². The van der Waals surface area contributed by atoms with E-state index in [4.69, 9.17) is 4.74 Å². The van der Waals surface area contributed by atoms with Crippen LogP contribution in [0.1, 0.15) is 35.1 Å². The number of allylic oxidation sites excluding steroid dienone is 2. The van der Waals surface area contributed by atoms with Crippen LogP contribution in [0.25, 0.3) is 0 Å². The summed E-state index contributed by atoms with van der Waals surface area (Å²) in [5.74, 6) is 1.70. The molecule has 6 heteroatoms. The number of benzene rings is 3. The zero-order valence-corrected chi connectivity index (χ0v) is 18.3. The van der Waals surface area contributed by atoms with E-state index in [1.54, 1.807) is 12.1 Å². The van der Waals surface area contributed by atoms with Gasteiger partial charge in [-0.15, -0.1) is 0 Å². The molecule has 0 saturated heterocycles. The molecule has 0 amide bonds. The van der Waals surface area contributed by atoms with Gasteiger partial charge in [0.15, 0.2) is 0 Å². The molecule has 3 atom stereocenters. The van der Waals surface area contributed by atoms with Crippen LogP contribution in [0, 0.1) is 16.0 Å². The molecule has 3 aromatic rings. The van der Waals surface area contributed by atoms with Crippen molar-refractivity contribution < 1.29 is 9.66 Å². The van der Waals surface area contributed by atoms with Gasteiger partial charge in [0.2, 0.25) is 0 Å². The standard InChI is InChI=1S/C25H21BrN2O3/c26-18-8-13-24-23(14-18)21-2-1-3-22(21)25(27-24)17-6-11-20(12-7-17)31-15-16-4-9-19(10-5-16)28(29)30/h1-2,4-14,21-22,25,27H,3,15H2/t21-,22+,25+/m1/s1. The van der Waals surface area contributed by atoms with E-state index in [0.717, 1.165) is 22.2 Å². The van der Waals surface area contributed by atoms with Crippen molar-refractivity contribution in [2.45, 2.75) is 25.0 Å². The molecule has 0 fully saturated rings. The Morgan fingerprint density at radius 3 is 2.58 bits per heavy atom. The van der Waals surface area contributed by atoms with E-state index in [0.29, 0.717) is 18.4 Å². The highest BCUT2D eigenvalue weighted by Gasteiger charge is 2.37. The molecule has 0 spiro atoms. The number of non-ortho nitro benzene ring substituents is 1. The van der Waals surface area contributed by atoms with E-state index in [9.17, 15) is 10.1 Å². The molecule has 5 rings (SSSR count). The first kappa shape index (κ1) is 19.8. The number of ether oxygens (including phenoxy) is 1. The molecule has 0 saturated carbocycles. The molecule has 3 aromatic carbocycles. The molecular weight excluding hydrogens is 456 g/mol. The first-order valence-corrected chi connectivity index (χ1v) is 11.1. The summed E-state index contributed by atoms with van der Waals surface area (Å²) >= 11 is 3.60. The first-order chi connectivity index (χ1) is 15.1. The molecule has 31 heavy (non-hydrogen) atoms. The van der Waals surface area contributed by atoms with Crippen LogP contribution in [-0.2, 0) is 6.61 Å². The minimum absolute atomic E-state index is 0.0849. The predicted molar refractivity (Wildman–Crippen MR) is 124 cm³/mol. The Morgan fingerprint density at radius 2 is 1.84 bits per heavy atom. The van der Waals surface area contributed by atoms with Crippen molar-refractivity contribution in [2.24, 2.45) is 5.92 Å². The van der Waals surface area contributed by atoms with Gasteiger partial charge in [0.25, 0.3) is 5.69 Å². The average Bonchev–Trinajstić information content (AvgIpc) is 3.28. The summed E-state index contributed by atoms with van der Waals surface area (Å²) in [6.07, 6.45) is 5.69. The molecule has 1 heterocycles. The molecule has 0 bridgehead atoms. The Bertz CT molecular complexity index is 1140. The van der Waals surface area contributed by atoms with E-state index >= 15 is 0 Å². The topological polar surface area (TPSA) is 64.4 Å². The van der Waals surface area contributed by atoms with Crippen molar-refractivity contribution >= 4 is 27.3 Å². The minimum atomic E-state index is -0.399. The Hall–Kier alpha value is -3.12. The van der Waals surface area contributed by atoms with Crippen LogP contribution in [0.3, 0.4) is 0 Å². The summed E-state index contributed by atoms with van der Waals surface area (Å²) in [6.45, 7) is 0.371. The van der Waals surface area contributed by atoms with Gasteiger partial charge in [-0.25, -0.2) is 0 Å². The van der Waals surface area contributed by atoms with Gasteiger partial charge in [-0.1, -0.05) is 40.2 Å². The lowest BCUT2D eigenvalue weighted by Crippen LogP contribution is -2.29. The van der Waals surface area contributed by atoms with Gasteiger partial charge in [-0.2, -0.15) is 0 Å². The van der Waals surface area contributed by atoms with Crippen LogP contribution in [-0.4, -0.2) is 4.92 Å². The second-order valence-electron chi connectivity index (χ2n) is 7.99. The van der Waals surface area contributed by atoms with Crippen LogP contribution >= 0.6 is 15.9 Å². The number of nitro benzene ring substituents is 1. The van der Waals surface area contributed by atoms with Crippen molar-refractivity contribution in [3.63, 3.8) is 0 Å². The maximum atomic E-state index is 10.8. The van der Waals surface area contributed by atoms with Gasteiger partial charge < -0.3 is 10.1 Å². The lowest BCUT2D eigenvalue weighted by Gasteiger charge is -2.37. The molecule has 0 radical (unpaired) electrons. The molecule has 1 N–H and O–H groups in total. The molecular formula is C25H21BrN2O3. The van der Waals surface area contributed by atoms with Crippen molar-refractivity contribution in [3.05, 3.63) is 110 Å². The zero-order chi connectivity index (χ0) is 21.4. The Balaban J connectivity index is 1.30. The molecule has 1 aliphatic carbocycles. The Kier molecular flexibility index (Phi) is 5.24. The molecule has 0 aromatic heterocycles. The quantitative estimate of drug-likeness (QED) is 0.251. The van der Waals surface area contributed by atoms with Gasteiger partial charge in [-0.05, 0) is 71.5 Å². The van der Waals surface area contributed by atoms with E-state index in [2.05, 4.69) is 63.7 Å². The second-order valence-corrected chi connectivity index (χ2v) is 8.90. The summed E-state index contributed by atoms with van der Waals surface area (Å²) in [6, 6.07) is 21.4. The molecule has 5 nitrogen and oxygen atoms in total. The number of hydrogen-bond donors (Lipinski definition) is 1. The van der Waals surface area contributed by atoms with Crippen molar-refractivity contribution in [1.82, 2.24) is 0 Å². The van der Waals surface area contributed by atoms with Crippen molar-refractivity contribution in [2.75, 3.05) is 5.32 Å². The van der Waals surface area contributed by atoms with E-state index < -0.39 is 4.92 Å². The first-order valence-electron chi connectivity index (χ1n) is 10.3. The highest BCUT2D eigenvalue weighted by molar-refractivity contribution is 9.10. The number of halogens is 1. The number of nitrogens with one attached hydrogen (secondary N) is 1. The number of nitro groups is 1. The zero-order valence-electron chi connectivity index (χ0n) is 16.7. The van der Waals surface area contributed by atoms with Gasteiger partial charge in [0.05, 0.1) is 11.0 Å². The molecule has 1 aliphatic heterocycles. The number of hydrogen-bond acceptors (Lipinski definition) is 4. The highest BCUT2D eigenvalue weighted by atomic mass is 79.9. The van der Waals surface area contributed by atoms with Crippen molar-refractivity contribution in [1.29, 1.82) is 0 Å². The monoisotopic (exact) mass is 476 g/mol. The number of anilines is 1. The largest absolute Gasteiger partial charge is 0.489 e. The molecule has 156 valence electrons. The average molecular weight is 477 g/mol. The van der Waals surface area contributed by atoms with Crippen LogP contribution in [0.15, 0.2) is 83.4 Å². The fourth-order valence-electron chi connectivity index (χ4n) is 4.55. The number of nitrogens with zero attached hydrogens (tertiary/aromatic N) is 1. The van der Waals surface area contributed by atoms with E-state index in [-0.39, 0.29) is 11.7 Å². The van der Waals surface area contributed by atoms with Crippen molar-refractivity contribution in [3.8, 4) is 5.75 Å². The summed E-state index contributed by atoms with van der Waals surface area (Å²) < 4.78 is 6.99. The fraction of sp³-hybridized carbons (Fsp3) is 0.200. The summed E-state index contributed by atoms with van der Waals surface area (Å²) in [5, 5.41) is 14.5. The minimum Gasteiger partial charge on any atom is -0.489 e. The summed E-state index contributed by atoms with van der Waals surface area (Å²) in [7, 11) is 0. The number of rotatable bonds is 5. The third-order valence-electron chi connectivity index (χ3n) is 6.12. The van der Waals surface area contributed by atoms with Gasteiger partial charge in [-0.3, -0.25) is 10.1 Å². The van der Waals surface area contributed by atoms with Gasteiger partial charge >= 0.3 is 0 Å². The van der Waals surface area contributed by atoms with Crippen LogP contribution < -0.4 is 10.1 Å². The molecule has 2 aliphatic rings.